The van der Waals surface area contributed by atoms with Crippen molar-refractivity contribution < 1.29 is 9.31 Å². The maximum Gasteiger partial charge on any atom is 0.272 e. The summed E-state index contributed by atoms with van der Waals surface area (Å²) in [7, 11) is 2.05. The molecule has 0 aromatic heterocycles. The quantitative estimate of drug-likeness (QED) is 0.660. The molecule has 18 heavy (non-hydrogen) atoms. The molecular formula is C12H16FN3O2. The third-order valence-electron chi connectivity index (χ3n) is 3.36. The van der Waals surface area contributed by atoms with Gasteiger partial charge in [-0.3, -0.25) is 10.1 Å². The zero-order valence-corrected chi connectivity index (χ0v) is 10.2. The van der Waals surface area contributed by atoms with Gasteiger partial charge < -0.3 is 10.2 Å². The van der Waals surface area contributed by atoms with Crippen LogP contribution >= 0.6 is 0 Å². The Balaban J connectivity index is 1.99. The minimum atomic E-state index is -0.600. The number of nitro benzene ring substituents is 1. The van der Waals surface area contributed by atoms with Crippen molar-refractivity contribution in [1.82, 2.24) is 4.90 Å². The lowest BCUT2D eigenvalue weighted by molar-refractivity contribution is -0.385. The van der Waals surface area contributed by atoms with E-state index in [1.165, 1.54) is 12.1 Å². The number of halogens is 1. The summed E-state index contributed by atoms with van der Waals surface area (Å²) in [5, 5.41) is 13.5. The van der Waals surface area contributed by atoms with Crippen molar-refractivity contribution in [1.29, 1.82) is 0 Å². The molecule has 0 saturated carbocycles. The van der Waals surface area contributed by atoms with E-state index in [-0.39, 0.29) is 5.69 Å². The molecule has 0 radical (unpaired) electrons. The second-order valence-electron chi connectivity index (χ2n) is 4.58. The molecule has 0 bridgehead atoms. The van der Waals surface area contributed by atoms with Crippen molar-refractivity contribution in [3.63, 3.8) is 0 Å². The van der Waals surface area contributed by atoms with E-state index >= 15 is 0 Å². The van der Waals surface area contributed by atoms with Crippen molar-refractivity contribution in [2.24, 2.45) is 0 Å². The van der Waals surface area contributed by atoms with Gasteiger partial charge in [-0.2, -0.15) is 0 Å². The molecule has 1 aliphatic heterocycles. The number of likely N-dealkylation sites (N-methyl/N-ethyl adjacent to an activating group) is 1. The van der Waals surface area contributed by atoms with E-state index in [4.69, 9.17) is 0 Å². The molecule has 1 aromatic carbocycles. The Bertz CT molecular complexity index is 453. The lowest BCUT2D eigenvalue weighted by Crippen LogP contribution is -2.31. The van der Waals surface area contributed by atoms with Crippen LogP contribution in [0.2, 0.25) is 0 Å². The number of nitrogens with zero attached hydrogens (tertiary/aromatic N) is 2. The molecule has 98 valence electrons. The van der Waals surface area contributed by atoms with E-state index in [9.17, 15) is 14.5 Å². The van der Waals surface area contributed by atoms with Crippen molar-refractivity contribution in [3.05, 3.63) is 34.1 Å². The van der Waals surface area contributed by atoms with Crippen LogP contribution in [0.15, 0.2) is 18.2 Å². The van der Waals surface area contributed by atoms with Crippen LogP contribution in [0, 0.1) is 15.9 Å². The number of hydrogen-bond acceptors (Lipinski definition) is 4. The summed E-state index contributed by atoms with van der Waals surface area (Å²) in [5.41, 5.74) is 0.0944. The molecule has 1 aliphatic rings. The smallest absolute Gasteiger partial charge is 0.272 e. The summed E-state index contributed by atoms with van der Waals surface area (Å²) >= 11 is 0. The van der Waals surface area contributed by atoms with E-state index in [1.807, 2.05) is 7.05 Å². The van der Waals surface area contributed by atoms with Gasteiger partial charge in [0.05, 0.1) is 16.7 Å². The normalized spacial score (nSPS) is 20.0. The van der Waals surface area contributed by atoms with Crippen LogP contribution < -0.4 is 5.32 Å². The molecule has 0 aliphatic carbocycles. The predicted octanol–water partition coefficient (Wildman–Crippen LogP) is 2.24. The average molecular weight is 253 g/mol. The molecule has 1 heterocycles. The largest absolute Gasteiger partial charge is 0.381 e. The first-order valence-electron chi connectivity index (χ1n) is 5.96. The second-order valence-corrected chi connectivity index (χ2v) is 4.58. The maximum atomic E-state index is 13.6. The van der Waals surface area contributed by atoms with Gasteiger partial charge in [0.25, 0.3) is 5.69 Å². The first kappa shape index (κ1) is 12.8. The summed E-state index contributed by atoms with van der Waals surface area (Å²) in [5.74, 6) is -0.579. The molecule has 2 rings (SSSR count). The zero-order valence-electron chi connectivity index (χ0n) is 10.2. The van der Waals surface area contributed by atoms with Crippen LogP contribution in [-0.2, 0) is 0 Å². The molecule has 0 amide bonds. The summed E-state index contributed by atoms with van der Waals surface area (Å²) in [6.45, 7) is 1.72. The van der Waals surface area contributed by atoms with E-state index in [2.05, 4.69) is 10.2 Å². The highest BCUT2D eigenvalue weighted by Gasteiger charge is 2.20. The van der Waals surface area contributed by atoms with Gasteiger partial charge in [0, 0.05) is 18.7 Å². The second kappa shape index (κ2) is 5.30. The van der Waals surface area contributed by atoms with Crippen LogP contribution in [0.3, 0.4) is 0 Å². The fraction of sp³-hybridized carbons (Fsp3) is 0.500. The van der Waals surface area contributed by atoms with Crippen LogP contribution in [0.25, 0.3) is 0 Å². The Kier molecular flexibility index (Phi) is 3.76. The van der Waals surface area contributed by atoms with Gasteiger partial charge in [-0.15, -0.1) is 0 Å². The van der Waals surface area contributed by atoms with Gasteiger partial charge in [0.15, 0.2) is 5.82 Å². The van der Waals surface area contributed by atoms with Gasteiger partial charge >= 0.3 is 0 Å². The van der Waals surface area contributed by atoms with Crippen molar-refractivity contribution in [3.8, 4) is 0 Å². The summed E-state index contributed by atoms with van der Waals surface area (Å²) in [6.07, 6.45) is 2.25. The number of anilines is 1. The summed E-state index contributed by atoms with van der Waals surface area (Å²) in [6, 6.07) is 4.08. The number of likely N-dealkylation sites (tertiary alicyclic amines) is 1. The molecule has 1 N–H and O–H groups in total. The monoisotopic (exact) mass is 253 g/mol. The summed E-state index contributed by atoms with van der Waals surface area (Å²) < 4.78 is 13.6. The highest BCUT2D eigenvalue weighted by atomic mass is 19.1. The zero-order chi connectivity index (χ0) is 13.1. The first-order valence-corrected chi connectivity index (χ1v) is 5.96. The standard InChI is InChI=1S/C12H16FN3O2/c1-15-6-2-3-10(15)8-14-12-5-4-9(16(17)18)7-11(12)13/h4-5,7,10,14H,2-3,6,8H2,1H3. The van der Waals surface area contributed by atoms with E-state index < -0.39 is 10.7 Å². The lowest BCUT2D eigenvalue weighted by Gasteiger charge is -2.20. The number of hydrogen-bond donors (Lipinski definition) is 1. The Hall–Kier alpha value is -1.69. The molecule has 0 spiro atoms. The Labute approximate surface area is 105 Å². The number of benzene rings is 1. The fourth-order valence-electron chi connectivity index (χ4n) is 2.23. The van der Waals surface area contributed by atoms with Crippen LogP contribution in [0.4, 0.5) is 15.8 Å². The Morgan fingerprint density at radius 2 is 2.39 bits per heavy atom. The van der Waals surface area contributed by atoms with Crippen LogP contribution in [-0.4, -0.2) is 36.0 Å². The van der Waals surface area contributed by atoms with Gasteiger partial charge in [0.2, 0.25) is 0 Å². The SMILES string of the molecule is CN1CCCC1CNc1ccc([N+](=O)[O-])cc1F. The molecule has 1 atom stereocenters. The molecule has 1 fully saturated rings. The van der Waals surface area contributed by atoms with E-state index in [0.29, 0.717) is 18.3 Å². The average Bonchev–Trinajstić information content (AvgIpc) is 2.73. The van der Waals surface area contributed by atoms with E-state index in [0.717, 1.165) is 25.5 Å². The number of nitro groups is 1. The predicted molar refractivity (Wildman–Crippen MR) is 67.2 cm³/mol. The number of non-ortho nitro benzene ring substituents is 1. The highest BCUT2D eigenvalue weighted by Crippen LogP contribution is 2.21. The van der Waals surface area contributed by atoms with Crippen molar-refractivity contribution in [2.45, 2.75) is 18.9 Å². The van der Waals surface area contributed by atoms with Crippen molar-refractivity contribution in [2.75, 3.05) is 25.5 Å². The third-order valence-corrected chi connectivity index (χ3v) is 3.36. The third kappa shape index (κ3) is 2.76. The Morgan fingerprint density at radius 3 is 2.94 bits per heavy atom. The van der Waals surface area contributed by atoms with E-state index in [1.54, 1.807) is 0 Å². The number of rotatable bonds is 4. The van der Waals surface area contributed by atoms with Gasteiger partial charge in [-0.05, 0) is 32.5 Å². The van der Waals surface area contributed by atoms with Crippen LogP contribution in [0.5, 0.6) is 0 Å². The summed E-state index contributed by atoms with van der Waals surface area (Å²) in [4.78, 5) is 12.1. The Morgan fingerprint density at radius 1 is 1.61 bits per heavy atom. The molecule has 1 aromatic rings. The van der Waals surface area contributed by atoms with Gasteiger partial charge in [0.1, 0.15) is 0 Å². The topological polar surface area (TPSA) is 58.4 Å². The van der Waals surface area contributed by atoms with Gasteiger partial charge in [-0.1, -0.05) is 0 Å². The van der Waals surface area contributed by atoms with Crippen LogP contribution in [0.1, 0.15) is 12.8 Å². The molecule has 6 heteroatoms. The molecule has 1 unspecified atom stereocenters. The lowest BCUT2D eigenvalue weighted by atomic mass is 10.2. The van der Waals surface area contributed by atoms with Gasteiger partial charge in [-0.25, -0.2) is 4.39 Å². The first-order chi connectivity index (χ1) is 8.58. The minimum absolute atomic E-state index is 0.226. The molecular weight excluding hydrogens is 237 g/mol. The maximum absolute atomic E-state index is 13.6. The minimum Gasteiger partial charge on any atom is -0.381 e. The fourth-order valence-corrected chi connectivity index (χ4v) is 2.23. The molecule has 5 nitrogen and oxygen atoms in total. The number of nitrogens with one attached hydrogen (secondary N) is 1. The highest BCUT2D eigenvalue weighted by molar-refractivity contribution is 5.50. The molecule has 1 saturated heterocycles. The van der Waals surface area contributed by atoms with Crippen molar-refractivity contribution >= 4 is 11.4 Å².